The normalized spacial score (nSPS) is 9.18. The predicted octanol–water partition coefficient (Wildman–Crippen LogP) is 2.58. The van der Waals surface area contributed by atoms with Crippen molar-refractivity contribution in [3.63, 3.8) is 0 Å². The van der Waals surface area contributed by atoms with E-state index in [1.54, 1.807) is 6.92 Å². The Kier molecular flexibility index (Phi) is 16.5. The van der Waals surface area contributed by atoms with Crippen molar-refractivity contribution < 1.29 is 19.0 Å². The number of carbonyl (C=O) groups excluding carboxylic acids is 1. The Hall–Kier alpha value is -0.870. The van der Waals surface area contributed by atoms with Crippen LogP contribution in [0.25, 0.3) is 0 Å². The predicted molar refractivity (Wildman–Crippen MR) is 69.1 cm³/mol. The minimum absolute atomic E-state index is 0.295. The van der Waals surface area contributed by atoms with E-state index in [2.05, 4.69) is 6.58 Å². The molecule has 102 valence electrons. The molecule has 4 nitrogen and oxygen atoms in total. The van der Waals surface area contributed by atoms with Crippen molar-refractivity contribution in [2.75, 3.05) is 33.0 Å². The second-order valence-electron chi connectivity index (χ2n) is 3.31. The van der Waals surface area contributed by atoms with E-state index >= 15 is 0 Å². The molecule has 0 radical (unpaired) electrons. The highest BCUT2D eigenvalue weighted by Crippen LogP contribution is 1.91. The van der Waals surface area contributed by atoms with Gasteiger partial charge >= 0.3 is 5.97 Å². The first kappa shape index (κ1) is 18.5. The molecule has 0 rings (SSSR count). The summed E-state index contributed by atoms with van der Waals surface area (Å²) in [5.74, 6) is -0.295. The van der Waals surface area contributed by atoms with Gasteiger partial charge in [-0.05, 0) is 27.2 Å². The van der Waals surface area contributed by atoms with Gasteiger partial charge in [0.25, 0.3) is 0 Å². The van der Waals surface area contributed by atoms with Gasteiger partial charge < -0.3 is 14.2 Å². The molecule has 0 unspecified atom stereocenters. The van der Waals surface area contributed by atoms with E-state index in [4.69, 9.17) is 14.2 Å². The van der Waals surface area contributed by atoms with Crippen LogP contribution in [-0.2, 0) is 19.0 Å². The summed E-state index contributed by atoms with van der Waals surface area (Å²) >= 11 is 0. The molecule has 0 N–H and O–H groups in total. The summed E-state index contributed by atoms with van der Waals surface area (Å²) in [4.78, 5) is 10.6. The second kappa shape index (κ2) is 15.1. The van der Waals surface area contributed by atoms with Crippen LogP contribution in [0.4, 0.5) is 0 Å². The van der Waals surface area contributed by atoms with Gasteiger partial charge in [0.15, 0.2) is 0 Å². The smallest absolute Gasteiger partial charge is 0.333 e. The molecule has 0 heterocycles. The number of rotatable bonds is 8. The minimum atomic E-state index is -0.295. The number of hydrogen-bond donors (Lipinski definition) is 0. The van der Waals surface area contributed by atoms with Crippen molar-refractivity contribution >= 4 is 5.97 Å². The molecule has 0 aliphatic carbocycles. The van der Waals surface area contributed by atoms with Crippen molar-refractivity contribution in [1.82, 2.24) is 0 Å². The maximum Gasteiger partial charge on any atom is 0.333 e. The van der Waals surface area contributed by atoms with Gasteiger partial charge in [0.05, 0.1) is 19.8 Å². The molecule has 0 aliphatic rings. The molecule has 4 heteroatoms. The van der Waals surface area contributed by atoms with Crippen LogP contribution in [0.3, 0.4) is 0 Å². The van der Waals surface area contributed by atoms with Crippen LogP contribution in [0.1, 0.15) is 34.1 Å². The fourth-order valence-electron chi connectivity index (χ4n) is 0.724. The van der Waals surface area contributed by atoms with E-state index in [0.29, 0.717) is 12.2 Å². The summed E-state index contributed by atoms with van der Waals surface area (Å²) in [6.45, 7) is 14.5. The van der Waals surface area contributed by atoms with Crippen molar-refractivity contribution in [2.24, 2.45) is 0 Å². The third kappa shape index (κ3) is 17.7. The van der Waals surface area contributed by atoms with Crippen LogP contribution in [0.2, 0.25) is 0 Å². The molecular formula is C13H26O4. The maximum absolute atomic E-state index is 10.6. The highest BCUT2D eigenvalue weighted by atomic mass is 16.5. The lowest BCUT2D eigenvalue weighted by Crippen LogP contribution is -2.04. The van der Waals surface area contributed by atoms with E-state index in [1.165, 1.54) is 0 Å². The molecule has 0 aromatic heterocycles. The Morgan fingerprint density at radius 1 is 1.00 bits per heavy atom. The fraction of sp³-hybridized carbons (Fsp3) is 0.769. The van der Waals surface area contributed by atoms with Crippen LogP contribution in [0, 0.1) is 0 Å². The molecule has 0 aromatic rings. The first-order chi connectivity index (χ1) is 8.09. The van der Waals surface area contributed by atoms with E-state index in [1.807, 2.05) is 20.8 Å². The van der Waals surface area contributed by atoms with E-state index in [9.17, 15) is 4.79 Å². The van der Waals surface area contributed by atoms with Gasteiger partial charge in [0.1, 0.15) is 0 Å². The van der Waals surface area contributed by atoms with Gasteiger partial charge in [0, 0.05) is 18.8 Å². The summed E-state index contributed by atoms with van der Waals surface area (Å²) in [7, 11) is 0. The van der Waals surface area contributed by atoms with Crippen molar-refractivity contribution in [1.29, 1.82) is 0 Å². The summed E-state index contributed by atoms with van der Waals surface area (Å²) < 4.78 is 14.7. The first-order valence-corrected chi connectivity index (χ1v) is 6.08. The highest BCUT2D eigenvalue weighted by Gasteiger charge is 1.99. The largest absolute Gasteiger partial charge is 0.462 e. The minimum Gasteiger partial charge on any atom is -0.462 e. The van der Waals surface area contributed by atoms with Crippen LogP contribution in [0.15, 0.2) is 12.2 Å². The van der Waals surface area contributed by atoms with Crippen LogP contribution < -0.4 is 0 Å². The van der Waals surface area contributed by atoms with E-state index in [-0.39, 0.29) is 5.97 Å². The summed E-state index contributed by atoms with van der Waals surface area (Å²) in [6, 6.07) is 0. The van der Waals surface area contributed by atoms with Crippen LogP contribution in [0.5, 0.6) is 0 Å². The first-order valence-electron chi connectivity index (χ1n) is 6.08. The average Bonchev–Trinajstić information content (AvgIpc) is 2.32. The molecule has 17 heavy (non-hydrogen) atoms. The van der Waals surface area contributed by atoms with Crippen molar-refractivity contribution in [2.45, 2.75) is 34.1 Å². The number of carbonyl (C=O) groups is 1. The Morgan fingerprint density at radius 2 is 1.47 bits per heavy atom. The molecule has 0 amide bonds. The zero-order chi connectivity index (χ0) is 13.5. The Bertz CT molecular complexity index is 184. The van der Waals surface area contributed by atoms with Gasteiger partial charge in [-0.2, -0.15) is 0 Å². The SMILES string of the molecule is C=C(C)C(=O)OCCC.CCOCCOCC. The lowest BCUT2D eigenvalue weighted by Gasteiger charge is -1.99. The lowest BCUT2D eigenvalue weighted by molar-refractivity contribution is -0.138. The number of ether oxygens (including phenoxy) is 3. The summed E-state index contributed by atoms with van der Waals surface area (Å²) in [6.07, 6.45) is 0.860. The Labute approximate surface area is 105 Å². The molecular weight excluding hydrogens is 220 g/mol. The third-order valence-electron chi connectivity index (χ3n) is 1.57. The van der Waals surface area contributed by atoms with Gasteiger partial charge in [-0.1, -0.05) is 13.5 Å². The number of esters is 1. The van der Waals surface area contributed by atoms with Gasteiger partial charge in [0.2, 0.25) is 0 Å². The molecule has 0 aliphatic heterocycles. The van der Waals surface area contributed by atoms with Gasteiger partial charge in [-0.3, -0.25) is 0 Å². The summed E-state index contributed by atoms with van der Waals surface area (Å²) in [5.41, 5.74) is 0.462. The fourth-order valence-corrected chi connectivity index (χ4v) is 0.724. The van der Waals surface area contributed by atoms with E-state index in [0.717, 1.165) is 32.8 Å². The molecule has 0 aromatic carbocycles. The summed E-state index contributed by atoms with van der Waals surface area (Å²) in [5, 5.41) is 0. The topological polar surface area (TPSA) is 44.8 Å². The average molecular weight is 246 g/mol. The zero-order valence-corrected chi connectivity index (χ0v) is 11.6. The molecule has 0 saturated carbocycles. The lowest BCUT2D eigenvalue weighted by atomic mass is 10.4. The Morgan fingerprint density at radius 3 is 1.76 bits per heavy atom. The molecule has 0 saturated heterocycles. The van der Waals surface area contributed by atoms with Crippen LogP contribution in [-0.4, -0.2) is 39.0 Å². The monoisotopic (exact) mass is 246 g/mol. The van der Waals surface area contributed by atoms with Crippen molar-refractivity contribution in [3.05, 3.63) is 12.2 Å². The quantitative estimate of drug-likeness (QED) is 0.375. The van der Waals surface area contributed by atoms with Gasteiger partial charge in [-0.15, -0.1) is 0 Å². The molecule has 0 atom stereocenters. The Balaban J connectivity index is 0. The zero-order valence-electron chi connectivity index (χ0n) is 11.6. The highest BCUT2D eigenvalue weighted by molar-refractivity contribution is 5.86. The van der Waals surface area contributed by atoms with E-state index < -0.39 is 0 Å². The number of hydrogen-bond acceptors (Lipinski definition) is 4. The second-order valence-corrected chi connectivity index (χ2v) is 3.31. The standard InChI is InChI=1S/C7H12O2.C6H14O2/c1-4-5-9-7(8)6(2)3;1-3-7-5-6-8-4-2/h2,4-5H2,1,3H3;3-6H2,1-2H3. The van der Waals surface area contributed by atoms with Crippen molar-refractivity contribution in [3.8, 4) is 0 Å². The third-order valence-corrected chi connectivity index (χ3v) is 1.57. The van der Waals surface area contributed by atoms with Gasteiger partial charge in [-0.25, -0.2) is 4.79 Å². The molecule has 0 bridgehead atoms. The maximum atomic E-state index is 10.6. The molecule has 0 fully saturated rings. The van der Waals surface area contributed by atoms with Crippen LogP contribution >= 0.6 is 0 Å². The molecule has 0 spiro atoms.